The lowest BCUT2D eigenvalue weighted by Crippen LogP contribution is -2.34. The van der Waals surface area contributed by atoms with E-state index >= 15 is 0 Å². The van der Waals surface area contributed by atoms with Crippen molar-refractivity contribution in [2.45, 2.75) is 55.6 Å². The number of rotatable bonds is 13. The third-order valence-electron chi connectivity index (χ3n) is 7.73. The number of halogens is 5. The second-order valence-electron chi connectivity index (χ2n) is 10.8. The van der Waals surface area contributed by atoms with E-state index in [1.54, 1.807) is 17.0 Å². The summed E-state index contributed by atoms with van der Waals surface area (Å²) in [4.78, 5) is 27.3. The van der Waals surface area contributed by atoms with Crippen LogP contribution in [0.25, 0.3) is 0 Å². The molecule has 3 aromatic rings. The summed E-state index contributed by atoms with van der Waals surface area (Å²) in [7, 11) is -1.99. The van der Waals surface area contributed by atoms with Crippen LogP contribution in [-0.4, -0.2) is 64.9 Å². The maximum atomic E-state index is 13.2. The van der Waals surface area contributed by atoms with Crippen molar-refractivity contribution in [3.63, 3.8) is 0 Å². The van der Waals surface area contributed by atoms with Crippen LogP contribution in [0.1, 0.15) is 47.3 Å². The second-order valence-corrected chi connectivity index (χ2v) is 13.1. The Kier molecular flexibility index (Phi) is 11.4. The summed E-state index contributed by atoms with van der Waals surface area (Å²) >= 11 is 0. The maximum Gasteiger partial charge on any atom is 0.416 e. The Hall–Kier alpha value is -4.24. The SMILES string of the molecule is CCS(=O)(=O)c1ccc([C@H](CC(=O)NC)NC(=O)c2ccc(N3CC(Oc4ccc(C(F)(F)F)cc4)C[C@H]3COC(F)F)cc2)cc1. The van der Waals surface area contributed by atoms with E-state index in [0.717, 1.165) is 12.1 Å². The summed E-state index contributed by atoms with van der Waals surface area (Å²) in [5, 5.41) is 5.31. The Morgan fingerprint density at radius 1 is 0.979 bits per heavy atom. The standard InChI is InChI=1S/C32H34F5N3O6S/c1-3-47(43,44)27-14-6-20(7-15-27)28(17-29(41)38-2)39-30(42)21-4-10-23(11-5-21)40-18-26(16-24(40)19-45-31(33)34)46-25-12-8-22(9-13-25)32(35,36)37/h4-15,24,26,28,31H,3,16-19H2,1-2H3,(H,38,41)(H,39,42)/t24-,26?,28-/m0/s1. The fourth-order valence-corrected chi connectivity index (χ4v) is 6.08. The molecule has 1 fully saturated rings. The average Bonchev–Trinajstić information content (AvgIpc) is 3.45. The van der Waals surface area contributed by atoms with Crippen molar-refractivity contribution < 1.29 is 49.4 Å². The smallest absolute Gasteiger partial charge is 0.416 e. The molecule has 1 saturated heterocycles. The minimum Gasteiger partial charge on any atom is -0.489 e. The lowest BCUT2D eigenvalue weighted by atomic mass is 10.0. The quantitative estimate of drug-likeness (QED) is 0.233. The van der Waals surface area contributed by atoms with Crippen LogP contribution >= 0.6 is 0 Å². The Morgan fingerprint density at radius 3 is 2.17 bits per heavy atom. The molecular formula is C32H34F5N3O6S. The minimum atomic E-state index is -4.50. The lowest BCUT2D eigenvalue weighted by molar-refractivity contribution is -0.137. The Morgan fingerprint density at radius 2 is 1.62 bits per heavy atom. The van der Waals surface area contributed by atoms with Gasteiger partial charge in [-0.15, -0.1) is 0 Å². The molecule has 15 heteroatoms. The van der Waals surface area contributed by atoms with Gasteiger partial charge in [-0.2, -0.15) is 22.0 Å². The highest BCUT2D eigenvalue weighted by Gasteiger charge is 2.35. The van der Waals surface area contributed by atoms with Gasteiger partial charge in [0.1, 0.15) is 11.9 Å². The van der Waals surface area contributed by atoms with Crippen molar-refractivity contribution in [2.75, 3.05) is 30.9 Å². The number of benzene rings is 3. The van der Waals surface area contributed by atoms with E-state index in [1.807, 2.05) is 0 Å². The summed E-state index contributed by atoms with van der Waals surface area (Å²) < 4.78 is 99.4. The van der Waals surface area contributed by atoms with E-state index in [-0.39, 0.29) is 53.9 Å². The zero-order chi connectivity index (χ0) is 34.4. The molecule has 2 N–H and O–H groups in total. The summed E-state index contributed by atoms with van der Waals surface area (Å²) in [6, 6.07) is 15.0. The zero-order valence-electron chi connectivity index (χ0n) is 25.5. The zero-order valence-corrected chi connectivity index (χ0v) is 26.3. The Bertz CT molecular complexity index is 1620. The van der Waals surface area contributed by atoms with Gasteiger partial charge in [-0.25, -0.2) is 8.42 Å². The molecule has 0 aliphatic carbocycles. The first-order chi connectivity index (χ1) is 22.2. The fourth-order valence-electron chi connectivity index (χ4n) is 5.19. The molecule has 1 heterocycles. The van der Waals surface area contributed by atoms with Gasteiger partial charge < -0.3 is 25.0 Å². The molecule has 0 spiro atoms. The molecule has 9 nitrogen and oxygen atoms in total. The van der Waals surface area contributed by atoms with Crippen molar-refractivity contribution >= 4 is 27.3 Å². The van der Waals surface area contributed by atoms with Crippen molar-refractivity contribution in [1.29, 1.82) is 0 Å². The third-order valence-corrected chi connectivity index (χ3v) is 9.48. The number of sulfone groups is 1. The number of nitrogens with zero attached hydrogens (tertiary/aromatic N) is 1. The summed E-state index contributed by atoms with van der Waals surface area (Å²) in [6.07, 6.45) is -4.92. The largest absolute Gasteiger partial charge is 0.489 e. The van der Waals surface area contributed by atoms with Crippen LogP contribution in [0.2, 0.25) is 0 Å². The van der Waals surface area contributed by atoms with Gasteiger partial charge in [0.15, 0.2) is 9.84 Å². The molecule has 1 aliphatic rings. The molecular weight excluding hydrogens is 649 g/mol. The van der Waals surface area contributed by atoms with Crippen LogP contribution < -0.4 is 20.3 Å². The number of alkyl halides is 5. The number of hydrogen-bond donors (Lipinski definition) is 2. The van der Waals surface area contributed by atoms with Crippen LogP contribution in [0.15, 0.2) is 77.7 Å². The van der Waals surface area contributed by atoms with E-state index in [4.69, 9.17) is 4.74 Å². The average molecular weight is 684 g/mol. The number of nitrogens with one attached hydrogen (secondary N) is 2. The van der Waals surface area contributed by atoms with E-state index in [9.17, 15) is 40.0 Å². The number of anilines is 1. The molecule has 254 valence electrons. The molecule has 0 saturated carbocycles. The van der Waals surface area contributed by atoms with Crippen molar-refractivity contribution in [3.05, 3.63) is 89.5 Å². The molecule has 2 amide bonds. The molecule has 0 radical (unpaired) electrons. The first kappa shape index (κ1) is 35.6. The Labute approximate surface area is 269 Å². The third kappa shape index (κ3) is 9.41. The van der Waals surface area contributed by atoms with Gasteiger partial charge in [0.2, 0.25) is 5.91 Å². The highest BCUT2D eigenvalue weighted by atomic mass is 32.2. The normalized spacial score (nSPS) is 17.4. The van der Waals surface area contributed by atoms with Crippen molar-refractivity contribution in [3.8, 4) is 5.75 Å². The van der Waals surface area contributed by atoms with E-state index < -0.39 is 52.3 Å². The van der Waals surface area contributed by atoms with Crippen LogP contribution in [0.4, 0.5) is 27.6 Å². The Balaban J connectivity index is 1.48. The molecule has 1 aliphatic heterocycles. The topological polar surface area (TPSA) is 114 Å². The van der Waals surface area contributed by atoms with Crippen LogP contribution in [0, 0.1) is 0 Å². The number of carbonyl (C=O) groups is 2. The molecule has 3 aromatic carbocycles. The first-order valence-corrected chi connectivity index (χ1v) is 16.3. The molecule has 3 atom stereocenters. The second kappa shape index (κ2) is 15.1. The van der Waals surface area contributed by atoms with Gasteiger partial charge in [0, 0.05) is 24.7 Å². The van der Waals surface area contributed by atoms with Crippen LogP contribution in [0.3, 0.4) is 0 Å². The fraction of sp³-hybridized carbons (Fsp3) is 0.375. The highest BCUT2D eigenvalue weighted by molar-refractivity contribution is 7.91. The first-order valence-electron chi connectivity index (χ1n) is 14.6. The van der Waals surface area contributed by atoms with Crippen molar-refractivity contribution in [1.82, 2.24) is 10.6 Å². The molecule has 1 unspecified atom stereocenters. The van der Waals surface area contributed by atoms with Crippen LogP contribution in [-0.2, 0) is 25.5 Å². The minimum absolute atomic E-state index is 0.0784. The molecule has 4 rings (SSSR count). The van der Waals surface area contributed by atoms with E-state index in [0.29, 0.717) is 11.3 Å². The van der Waals surface area contributed by atoms with E-state index in [2.05, 4.69) is 15.4 Å². The van der Waals surface area contributed by atoms with Gasteiger partial charge >= 0.3 is 12.8 Å². The van der Waals surface area contributed by atoms with Gasteiger partial charge in [0.25, 0.3) is 5.91 Å². The van der Waals surface area contributed by atoms with Gasteiger partial charge in [0.05, 0.1) is 47.9 Å². The van der Waals surface area contributed by atoms with E-state index in [1.165, 1.54) is 62.5 Å². The maximum absolute atomic E-state index is 13.2. The van der Waals surface area contributed by atoms with Crippen molar-refractivity contribution in [2.24, 2.45) is 0 Å². The highest BCUT2D eigenvalue weighted by Crippen LogP contribution is 2.33. The summed E-state index contributed by atoms with van der Waals surface area (Å²) in [5.41, 5.74) is 0.493. The number of hydrogen-bond acceptors (Lipinski definition) is 7. The molecule has 0 bridgehead atoms. The molecule has 47 heavy (non-hydrogen) atoms. The predicted molar refractivity (Wildman–Crippen MR) is 163 cm³/mol. The summed E-state index contributed by atoms with van der Waals surface area (Å²) in [6.45, 7) is -1.61. The molecule has 0 aromatic heterocycles. The lowest BCUT2D eigenvalue weighted by Gasteiger charge is -2.26. The monoisotopic (exact) mass is 683 g/mol. The predicted octanol–water partition coefficient (Wildman–Crippen LogP) is 5.37. The number of amides is 2. The van der Waals surface area contributed by atoms with Gasteiger partial charge in [-0.1, -0.05) is 19.1 Å². The van der Waals surface area contributed by atoms with Crippen LogP contribution in [0.5, 0.6) is 5.75 Å². The van der Waals surface area contributed by atoms with Gasteiger partial charge in [-0.3, -0.25) is 9.59 Å². The number of ether oxygens (including phenoxy) is 2. The van der Waals surface area contributed by atoms with Gasteiger partial charge in [-0.05, 0) is 66.2 Å². The summed E-state index contributed by atoms with van der Waals surface area (Å²) in [5.74, 6) is -0.753. The number of carbonyl (C=O) groups excluding carboxylic acids is 2.